The fourth-order valence-electron chi connectivity index (χ4n) is 1.68. The van der Waals surface area contributed by atoms with E-state index >= 15 is 0 Å². The molecule has 0 aliphatic carbocycles. The average molecular weight is 351 g/mol. The monoisotopic (exact) mass is 349 g/mol. The molecule has 90 valence electrons. The van der Waals surface area contributed by atoms with E-state index in [4.69, 9.17) is 23.2 Å². The number of thiophene rings is 1. The fraction of sp³-hybridized carbons (Fsp3) is 0.167. The standard InChI is InChI=1S/C12H10BrCl2NS/c1-16-11(12-9(13)4-5-17-12)8-6-7(14)2-3-10(8)15/h2-6,11,16H,1H3. The Labute approximate surface area is 123 Å². The van der Waals surface area contributed by atoms with Crippen LogP contribution in [-0.4, -0.2) is 7.05 Å². The molecule has 0 saturated carbocycles. The van der Waals surface area contributed by atoms with E-state index in [9.17, 15) is 0 Å². The van der Waals surface area contributed by atoms with Crippen LogP contribution in [-0.2, 0) is 0 Å². The van der Waals surface area contributed by atoms with E-state index in [2.05, 4.69) is 21.2 Å². The van der Waals surface area contributed by atoms with E-state index < -0.39 is 0 Å². The van der Waals surface area contributed by atoms with Crippen molar-refractivity contribution in [3.8, 4) is 0 Å². The van der Waals surface area contributed by atoms with Gasteiger partial charge in [0.15, 0.2) is 0 Å². The number of benzene rings is 1. The molecule has 2 rings (SSSR count). The zero-order valence-corrected chi connectivity index (χ0v) is 12.9. The lowest BCUT2D eigenvalue weighted by atomic mass is 10.1. The van der Waals surface area contributed by atoms with Gasteiger partial charge in [0.25, 0.3) is 0 Å². The highest BCUT2D eigenvalue weighted by Gasteiger charge is 2.19. The summed E-state index contributed by atoms with van der Waals surface area (Å²) in [4.78, 5) is 1.19. The zero-order chi connectivity index (χ0) is 12.4. The Balaban J connectivity index is 2.49. The molecule has 5 heteroatoms. The van der Waals surface area contributed by atoms with Crippen molar-refractivity contribution in [2.75, 3.05) is 7.05 Å². The lowest BCUT2D eigenvalue weighted by Gasteiger charge is -2.17. The van der Waals surface area contributed by atoms with Crippen LogP contribution >= 0.6 is 50.5 Å². The molecule has 0 fully saturated rings. The summed E-state index contributed by atoms with van der Waals surface area (Å²) in [6.07, 6.45) is 0. The molecule has 1 unspecified atom stereocenters. The van der Waals surface area contributed by atoms with Gasteiger partial charge in [0.1, 0.15) is 0 Å². The van der Waals surface area contributed by atoms with Gasteiger partial charge in [-0.3, -0.25) is 0 Å². The van der Waals surface area contributed by atoms with Crippen LogP contribution in [0.4, 0.5) is 0 Å². The zero-order valence-electron chi connectivity index (χ0n) is 9.01. The molecule has 2 aromatic rings. The van der Waals surface area contributed by atoms with Crippen molar-refractivity contribution in [3.63, 3.8) is 0 Å². The molecule has 1 atom stereocenters. The van der Waals surface area contributed by atoms with Crippen molar-refractivity contribution in [1.29, 1.82) is 0 Å². The first-order chi connectivity index (χ1) is 8.13. The van der Waals surface area contributed by atoms with Crippen molar-refractivity contribution >= 4 is 50.5 Å². The number of halogens is 3. The smallest absolute Gasteiger partial charge is 0.0695 e. The summed E-state index contributed by atoms with van der Waals surface area (Å²) in [6.45, 7) is 0. The van der Waals surface area contributed by atoms with Crippen LogP contribution in [0.2, 0.25) is 10.0 Å². The van der Waals surface area contributed by atoms with Crippen molar-refractivity contribution in [1.82, 2.24) is 5.32 Å². The third kappa shape index (κ3) is 2.85. The molecule has 1 N–H and O–H groups in total. The number of rotatable bonds is 3. The van der Waals surface area contributed by atoms with E-state index in [1.807, 2.05) is 30.6 Å². The second-order valence-electron chi connectivity index (χ2n) is 3.52. The number of hydrogen-bond donors (Lipinski definition) is 1. The molecule has 17 heavy (non-hydrogen) atoms. The molecule has 1 aromatic carbocycles. The summed E-state index contributed by atoms with van der Waals surface area (Å²) in [5, 5.41) is 6.72. The van der Waals surface area contributed by atoms with Gasteiger partial charge in [-0.25, -0.2) is 0 Å². The maximum absolute atomic E-state index is 6.23. The van der Waals surface area contributed by atoms with Crippen LogP contribution in [0.3, 0.4) is 0 Å². The molecule has 0 aliphatic heterocycles. The topological polar surface area (TPSA) is 12.0 Å². The molecule has 0 bridgehead atoms. The number of nitrogens with one attached hydrogen (secondary N) is 1. The third-order valence-corrected chi connectivity index (χ3v) is 4.98. The Kier molecular flexibility index (Phi) is 4.50. The van der Waals surface area contributed by atoms with E-state index in [0.29, 0.717) is 10.0 Å². The lowest BCUT2D eigenvalue weighted by molar-refractivity contribution is 0.702. The Bertz CT molecular complexity index is 527. The van der Waals surface area contributed by atoms with Gasteiger partial charge in [0.05, 0.1) is 6.04 Å². The minimum absolute atomic E-state index is 0.0515. The molecular weight excluding hydrogens is 341 g/mol. The van der Waals surface area contributed by atoms with E-state index in [1.165, 1.54) is 4.88 Å². The van der Waals surface area contributed by atoms with E-state index in [1.54, 1.807) is 17.4 Å². The lowest BCUT2D eigenvalue weighted by Crippen LogP contribution is -2.17. The Morgan fingerprint density at radius 3 is 2.65 bits per heavy atom. The predicted molar refractivity (Wildman–Crippen MR) is 79.4 cm³/mol. The van der Waals surface area contributed by atoms with Crippen LogP contribution in [0.5, 0.6) is 0 Å². The fourth-order valence-corrected chi connectivity index (χ4v) is 3.81. The second-order valence-corrected chi connectivity index (χ2v) is 6.17. The SMILES string of the molecule is CNC(c1cc(Cl)ccc1Cl)c1sccc1Br. The summed E-state index contributed by atoms with van der Waals surface area (Å²) >= 11 is 17.5. The second kappa shape index (κ2) is 5.72. The molecule has 0 aliphatic rings. The van der Waals surface area contributed by atoms with Gasteiger partial charge in [-0.2, -0.15) is 0 Å². The van der Waals surface area contributed by atoms with Gasteiger partial charge in [-0.1, -0.05) is 23.2 Å². The molecular formula is C12H10BrCl2NS. The summed E-state index contributed by atoms with van der Waals surface area (Å²) in [5.74, 6) is 0. The molecule has 1 aromatic heterocycles. The first-order valence-electron chi connectivity index (χ1n) is 4.98. The third-order valence-electron chi connectivity index (χ3n) is 2.46. The average Bonchev–Trinajstić information content (AvgIpc) is 2.71. The summed E-state index contributed by atoms with van der Waals surface area (Å²) < 4.78 is 1.08. The highest BCUT2D eigenvalue weighted by atomic mass is 79.9. The van der Waals surface area contributed by atoms with Crippen LogP contribution in [0, 0.1) is 0 Å². The minimum atomic E-state index is 0.0515. The van der Waals surface area contributed by atoms with Crippen molar-refractivity contribution in [2.45, 2.75) is 6.04 Å². The van der Waals surface area contributed by atoms with E-state index in [0.717, 1.165) is 10.0 Å². The maximum Gasteiger partial charge on any atom is 0.0695 e. The van der Waals surface area contributed by atoms with Crippen LogP contribution in [0.25, 0.3) is 0 Å². The molecule has 0 spiro atoms. The van der Waals surface area contributed by atoms with E-state index in [-0.39, 0.29) is 6.04 Å². The van der Waals surface area contributed by atoms with Crippen molar-refractivity contribution in [2.24, 2.45) is 0 Å². The minimum Gasteiger partial charge on any atom is -0.309 e. The Hall–Kier alpha value is -0.0600. The largest absolute Gasteiger partial charge is 0.309 e. The van der Waals surface area contributed by atoms with Gasteiger partial charge in [-0.05, 0) is 58.2 Å². The van der Waals surface area contributed by atoms with Crippen molar-refractivity contribution < 1.29 is 0 Å². The number of hydrogen-bond acceptors (Lipinski definition) is 2. The summed E-state index contributed by atoms with van der Waals surface area (Å²) in [5.41, 5.74) is 0.991. The van der Waals surface area contributed by atoms with Gasteiger partial charge >= 0.3 is 0 Å². The molecule has 1 nitrogen and oxygen atoms in total. The van der Waals surface area contributed by atoms with Gasteiger partial charge < -0.3 is 5.32 Å². The molecule has 0 radical (unpaired) electrons. The van der Waals surface area contributed by atoms with Crippen molar-refractivity contribution in [3.05, 3.63) is 54.6 Å². The quantitative estimate of drug-likeness (QED) is 0.809. The van der Waals surface area contributed by atoms with Crippen LogP contribution in [0.1, 0.15) is 16.5 Å². The Morgan fingerprint density at radius 1 is 1.29 bits per heavy atom. The molecule has 0 saturated heterocycles. The highest BCUT2D eigenvalue weighted by Crippen LogP contribution is 2.36. The van der Waals surface area contributed by atoms with Crippen LogP contribution < -0.4 is 5.32 Å². The Morgan fingerprint density at radius 2 is 2.06 bits per heavy atom. The first-order valence-corrected chi connectivity index (χ1v) is 7.41. The summed E-state index contributed by atoms with van der Waals surface area (Å²) in [7, 11) is 1.91. The maximum atomic E-state index is 6.23. The predicted octanol–water partition coefficient (Wildman–Crippen LogP) is 5.13. The normalized spacial score (nSPS) is 12.7. The van der Waals surface area contributed by atoms with Crippen LogP contribution in [0.15, 0.2) is 34.1 Å². The van der Waals surface area contributed by atoms with Gasteiger partial charge in [0.2, 0.25) is 0 Å². The van der Waals surface area contributed by atoms with Gasteiger partial charge in [-0.15, -0.1) is 11.3 Å². The summed E-state index contributed by atoms with van der Waals surface area (Å²) in [6, 6.07) is 7.60. The first kappa shape index (κ1) is 13.4. The van der Waals surface area contributed by atoms with Gasteiger partial charge in [0, 0.05) is 19.4 Å². The molecule has 0 amide bonds. The molecule has 1 heterocycles. The highest BCUT2D eigenvalue weighted by molar-refractivity contribution is 9.10.